The van der Waals surface area contributed by atoms with Gasteiger partial charge in [-0.2, -0.15) is 0 Å². The molecular formula is C14H16O3. The van der Waals surface area contributed by atoms with Gasteiger partial charge in [0.1, 0.15) is 11.2 Å². The van der Waals surface area contributed by atoms with E-state index in [0.29, 0.717) is 6.42 Å². The first-order valence-corrected chi connectivity index (χ1v) is 5.68. The van der Waals surface area contributed by atoms with E-state index in [-0.39, 0.29) is 11.7 Å². The number of benzene rings is 1. The summed E-state index contributed by atoms with van der Waals surface area (Å²) >= 11 is 0. The lowest BCUT2D eigenvalue weighted by atomic mass is 9.95. The molecule has 90 valence electrons. The molecule has 0 aromatic heterocycles. The predicted molar refractivity (Wildman–Crippen MR) is 63.7 cm³/mol. The van der Waals surface area contributed by atoms with Crippen LogP contribution in [-0.4, -0.2) is 18.9 Å². The first-order valence-electron chi connectivity index (χ1n) is 5.68. The van der Waals surface area contributed by atoms with E-state index in [0.717, 1.165) is 5.56 Å². The van der Waals surface area contributed by atoms with Crippen LogP contribution in [0.5, 0.6) is 0 Å². The van der Waals surface area contributed by atoms with E-state index in [2.05, 4.69) is 0 Å². The molecule has 0 aliphatic heterocycles. The number of hydrogen-bond donors (Lipinski definition) is 0. The van der Waals surface area contributed by atoms with E-state index in [1.54, 1.807) is 0 Å². The van der Waals surface area contributed by atoms with Crippen molar-refractivity contribution >= 4 is 11.8 Å². The van der Waals surface area contributed by atoms with Gasteiger partial charge < -0.3 is 4.74 Å². The van der Waals surface area contributed by atoms with Gasteiger partial charge in [0.25, 0.3) is 0 Å². The lowest BCUT2D eigenvalue weighted by Crippen LogP contribution is -2.26. The van der Waals surface area contributed by atoms with E-state index < -0.39 is 11.4 Å². The van der Waals surface area contributed by atoms with Gasteiger partial charge in [0.05, 0.1) is 7.11 Å². The molecule has 1 saturated carbocycles. The second kappa shape index (κ2) is 3.99. The van der Waals surface area contributed by atoms with Crippen LogP contribution in [0, 0.1) is 12.3 Å². The van der Waals surface area contributed by atoms with Crippen LogP contribution in [0.3, 0.4) is 0 Å². The molecule has 1 fully saturated rings. The number of carbonyl (C=O) groups is 2. The first-order chi connectivity index (χ1) is 8.02. The van der Waals surface area contributed by atoms with Gasteiger partial charge in [0, 0.05) is 5.92 Å². The van der Waals surface area contributed by atoms with Crippen molar-refractivity contribution < 1.29 is 14.3 Å². The van der Waals surface area contributed by atoms with Crippen molar-refractivity contribution in [1.82, 2.24) is 0 Å². The van der Waals surface area contributed by atoms with Gasteiger partial charge in [0.15, 0.2) is 0 Å². The smallest absolute Gasteiger partial charge is 0.319 e. The lowest BCUT2D eigenvalue weighted by molar-refractivity contribution is -0.151. The fourth-order valence-electron chi connectivity index (χ4n) is 2.40. The molecule has 0 spiro atoms. The van der Waals surface area contributed by atoms with Gasteiger partial charge in [0.2, 0.25) is 0 Å². The normalized spacial score (nSPS) is 26.4. The highest BCUT2D eigenvalue weighted by Crippen LogP contribution is 2.60. The Balaban J connectivity index is 2.29. The van der Waals surface area contributed by atoms with Crippen molar-refractivity contribution in [1.29, 1.82) is 0 Å². The highest BCUT2D eigenvalue weighted by Gasteiger charge is 2.65. The van der Waals surface area contributed by atoms with E-state index in [9.17, 15) is 9.59 Å². The summed E-state index contributed by atoms with van der Waals surface area (Å²) in [7, 11) is 1.33. The topological polar surface area (TPSA) is 43.4 Å². The number of ketones is 1. The monoisotopic (exact) mass is 232 g/mol. The van der Waals surface area contributed by atoms with Crippen LogP contribution in [-0.2, 0) is 14.3 Å². The number of ether oxygens (including phenoxy) is 1. The largest absolute Gasteiger partial charge is 0.468 e. The second-order valence-electron chi connectivity index (χ2n) is 4.69. The molecule has 0 bridgehead atoms. The molecular weight excluding hydrogens is 216 g/mol. The van der Waals surface area contributed by atoms with Crippen LogP contribution in [0.2, 0.25) is 0 Å². The summed E-state index contributed by atoms with van der Waals surface area (Å²) in [6, 6.07) is 7.95. The van der Waals surface area contributed by atoms with Crippen molar-refractivity contribution in [2.24, 2.45) is 5.41 Å². The summed E-state index contributed by atoms with van der Waals surface area (Å²) in [6.07, 6.45) is 0.568. The molecule has 1 aliphatic rings. The molecule has 3 nitrogen and oxygen atoms in total. The van der Waals surface area contributed by atoms with E-state index >= 15 is 0 Å². The zero-order chi connectivity index (χ0) is 12.6. The average molecular weight is 232 g/mol. The Morgan fingerprint density at radius 2 is 1.88 bits per heavy atom. The summed E-state index contributed by atoms with van der Waals surface area (Å²) in [5, 5.41) is 0. The number of carbonyl (C=O) groups excluding carboxylic acids is 2. The maximum atomic E-state index is 11.7. The molecule has 1 aromatic carbocycles. The molecule has 0 radical (unpaired) electrons. The molecule has 1 aromatic rings. The van der Waals surface area contributed by atoms with E-state index in [1.807, 2.05) is 31.2 Å². The predicted octanol–water partition coefficient (Wildman–Crippen LogP) is 2.23. The Kier molecular flexibility index (Phi) is 2.77. The molecule has 1 aliphatic carbocycles. The van der Waals surface area contributed by atoms with Crippen molar-refractivity contribution in [3.8, 4) is 0 Å². The molecule has 3 heteroatoms. The number of Topliss-reactive ketones (excluding diaryl/α,β-unsaturated/α-hetero) is 1. The lowest BCUT2D eigenvalue weighted by Gasteiger charge is -2.11. The van der Waals surface area contributed by atoms with Gasteiger partial charge in [-0.1, -0.05) is 29.8 Å². The third-order valence-corrected chi connectivity index (χ3v) is 3.62. The fourth-order valence-corrected chi connectivity index (χ4v) is 2.40. The van der Waals surface area contributed by atoms with Gasteiger partial charge in [-0.15, -0.1) is 0 Å². The van der Waals surface area contributed by atoms with Gasteiger partial charge in [-0.05, 0) is 25.8 Å². The maximum absolute atomic E-state index is 11.7. The molecule has 0 saturated heterocycles. The van der Waals surface area contributed by atoms with Gasteiger partial charge in [-0.3, -0.25) is 9.59 Å². The standard InChI is InChI=1S/C14H16O3/c1-9-4-6-11(7-5-9)12-8-14(12,10(2)15)13(16)17-3/h4-7,12H,8H2,1-3H3. The van der Waals surface area contributed by atoms with Crippen molar-refractivity contribution in [3.05, 3.63) is 35.4 Å². The fraction of sp³-hybridized carbons (Fsp3) is 0.429. The van der Waals surface area contributed by atoms with Crippen LogP contribution in [0.15, 0.2) is 24.3 Å². The quantitative estimate of drug-likeness (QED) is 0.593. The summed E-state index contributed by atoms with van der Waals surface area (Å²) in [4.78, 5) is 23.4. The molecule has 0 N–H and O–H groups in total. The van der Waals surface area contributed by atoms with Crippen molar-refractivity contribution in [2.75, 3.05) is 7.11 Å². The Bertz CT molecular complexity index is 461. The van der Waals surface area contributed by atoms with Crippen molar-refractivity contribution in [3.63, 3.8) is 0 Å². The molecule has 2 unspecified atom stereocenters. The zero-order valence-corrected chi connectivity index (χ0v) is 10.3. The van der Waals surface area contributed by atoms with Crippen LogP contribution >= 0.6 is 0 Å². The maximum Gasteiger partial charge on any atom is 0.319 e. The summed E-state index contributed by atoms with van der Waals surface area (Å²) in [5.74, 6) is -0.529. The minimum absolute atomic E-state index is 0.0203. The molecule has 2 atom stereocenters. The van der Waals surface area contributed by atoms with Gasteiger partial charge in [-0.25, -0.2) is 0 Å². The zero-order valence-electron chi connectivity index (χ0n) is 10.3. The van der Waals surface area contributed by atoms with E-state index in [4.69, 9.17) is 4.74 Å². The number of hydrogen-bond acceptors (Lipinski definition) is 3. The Labute approximate surface area is 101 Å². The highest BCUT2D eigenvalue weighted by atomic mass is 16.5. The molecule has 0 amide bonds. The Morgan fingerprint density at radius 3 is 2.35 bits per heavy atom. The van der Waals surface area contributed by atoms with Crippen LogP contribution in [0.1, 0.15) is 30.4 Å². The third-order valence-electron chi connectivity index (χ3n) is 3.62. The summed E-state index contributed by atoms with van der Waals surface area (Å²) in [6.45, 7) is 3.47. The molecule has 2 rings (SSSR count). The number of esters is 1. The van der Waals surface area contributed by atoms with Crippen molar-refractivity contribution in [2.45, 2.75) is 26.2 Å². The third kappa shape index (κ3) is 1.75. The summed E-state index contributed by atoms with van der Waals surface area (Å²) < 4.78 is 4.75. The minimum Gasteiger partial charge on any atom is -0.468 e. The SMILES string of the molecule is COC(=O)C1(C(C)=O)CC1c1ccc(C)cc1. The number of rotatable bonds is 3. The highest BCUT2D eigenvalue weighted by molar-refractivity contribution is 6.07. The number of methoxy groups -OCH3 is 1. The van der Waals surface area contributed by atoms with Crippen LogP contribution < -0.4 is 0 Å². The minimum atomic E-state index is -0.927. The summed E-state index contributed by atoms with van der Waals surface area (Å²) in [5.41, 5.74) is 1.28. The Hall–Kier alpha value is -1.64. The van der Waals surface area contributed by atoms with Gasteiger partial charge >= 0.3 is 5.97 Å². The number of aryl methyl sites for hydroxylation is 1. The van der Waals surface area contributed by atoms with E-state index in [1.165, 1.54) is 19.6 Å². The Morgan fingerprint density at radius 1 is 1.29 bits per heavy atom. The molecule has 0 heterocycles. The average Bonchev–Trinajstić information content (AvgIpc) is 3.05. The van der Waals surface area contributed by atoms with Crippen LogP contribution in [0.25, 0.3) is 0 Å². The first kappa shape index (κ1) is 11.8. The van der Waals surface area contributed by atoms with Crippen LogP contribution in [0.4, 0.5) is 0 Å². The second-order valence-corrected chi connectivity index (χ2v) is 4.69. The molecule has 17 heavy (non-hydrogen) atoms.